The van der Waals surface area contributed by atoms with Crippen LogP contribution in [0, 0.1) is 10.4 Å². The van der Waals surface area contributed by atoms with Gasteiger partial charge in [-0.25, -0.2) is 0 Å². The third-order valence-corrected chi connectivity index (χ3v) is 5.60. The lowest BCUT2D eigenvalue weighted by Crippen LogP contribution is -2.17. The summed E-state index contributed by atoms with van der Waals surface area (Å²) in [7, 11) is 8.13. The van der Waals surface area contributed by atoms with E-state index >= 15 is 0 Å². The van der Waals surface area contributed by atoms with Crippen LogP contribution in [-0.4, -0.2) is 61.3 Å². The molecule has 6 heteroatoms. The van der Waals surface area contributed by atoms with Crippen molar-refractivity contribution in [1.29, 1.82) is 0 Å². The van der Waals surface area contributed by atoms with Crippen LogP contribution in [0.15, 0.2) is 46.7 Å². The van der Waals surface area contributed by atoms with Gasteiger partial charge in [0.25, 0.3) is 0 Å². The van der Waals surface area contributed by atoms with Gasteiger partial charge in [0.2, 0.25) is 0 Å². The van der Waals surface area contributed by atoms with Crippen molar-refractivity contribution in [1.82, 2.24) is 9.80 Å². The molecule has 2 aliphatic heterocycles. The SMILES string of the molecule is CN(C)CCC1=CN=c2c1c(O)ccc2=c1ccc(O)c2c1=NC=C2CCN(C)C. The first-order valence-corrected chi connectivity index (χ1v) is 10.2. The summed E-state index contributed by atoms with van der Waals surface area (Å²) in [6, 6.07) is 7.24. The zero-order valence-corrected chi connectivity index (χ0v) is 18.0. The van der Waals surface area contributed by atoms with Gasteiger partial charge in [0.15, 0.2) is 0 Å². The lowest BCUT2D eigenvalue weighted by atomic mass is 9.99. The van der Waals surface area contributed by atoms with Crippen LogP contribution >= 0.6 is 0 Å². The van der Waals surface area contributed by atoms with Gasteiger partial charge in [-0.1, -0.05) is 0 Å². The van der Waals surface area contributed by atoms with Crippen molar-refractivity contribution in [3.05, 3.63) is 68.9 Å². The van der Waals surface area contributed by atoms with Gasteiger partial charge in [-0.05, 0) is 76.4 Å². The van der Waals surface area contributed by atoms with Gasteiger partial charge in [0.1, 0.15) is 11.5 Å². The largest absolute Gasteiger partial charge is 0.507 e. The van der Waals surface area contributed by atoms with Gasteiger partial charge in [-0.3, -0.25) is 9.98 Å². The number of hydrogen-bond acceptors (Lipinski definition) is 6. The number of nitrogens with zero attached hydrogens (tertiary/aromatic N) is 4. The molecule has 4 rings (SSSR count). The van der Waals surface area contributed by atoms with Crippen LogP contribution in [0.4, 0.5) is 0 Å². The monoisotopic (exact) mass is 404 g/mol. The molecule has 2 aromatic rings. The van der Waals surface area contributed by atoms with Crippen molar-refractivity contribution < 1.29 is 10.2 Å². The van der Waals surface area contributed by atoms with Gasteiger partial charge < -0.3 is 20.0 Å². The highest BCUT2D eigenvalue weighted by Gasteiger charge is 2.19. The smallest absolute Gasteiger partial charge is 0.125 e. The summed E-state index contributed by atoms with van der Waals surface area (Å²) in [5.41, 5.74) is 3.68. The second-order valence-electron chi connectivity index (χ2n) is 8.39. The maximum Gasteiger partial charge on any atom is 0.125 e. The quantitative estimate of drug-likeness (QED) is 0.775. The topological polar surface area (TPSA) is 71.7 Å². The molecule has 0 fully saturated rings. The Kier molecular flexibility index (Phi) is 5.45. The number of hydrogen-bond donors (Lipinski definition) is 2. The lowest BCUT2D eigenvalue weighted by Gasteiger charge is -2.11. The van der Waals surface area contributed by atoms with Gasteiger partial charge in [0, 0.05) is 47.1 Å². The Labute approximate surface area is 176 Å². The molecule has 2 aliphatic rings. The Morgan fingerprint density at radius 1 is 0.667 bits per heavy atom. The molecule has 0 saturated heterocycles. The number of fused-ring (bicyclic) bond motifs is 2. The zero-order chi connectivity index (χ0) is 21.4. The van der Waals surface area contributed by atoms with E-state index < -0.39 is 0 Å². The van der Waals surface area contributed by atoms with Crippen LogP contribution in [0.3, 0.4) is 0 Å². The molecule has 156 valence electrons. The zero-order valence-electron chi connectivity index (χ0n) is 18.0. The summed E-state index contributed by atoms with van der Waals surface area (Å²) in [5, 5.41) is 24.5. The normalized spacial score (nSPS) is 15.5. The summed E-state index contributed by atoms with van der Waals surface area (Å²) >= 11 is 0. The predicted molar refractivity (Wildman–Crippen MR) is 118 cm³/mol. The summed E-state index contributed by atoms with van der Waals surface area (Å²) < 4.78 is 0. The van der Waals surface area contributed by atoms with Crippen LogP contribution in [0.1, 0.15) is 24.0 Å². The van der Waals surface area contributed by atoms with Crippen molar-refractivity contribution in [2.75, 3.05) is 41.3 Å². The Bertz CT molecular complexity index is 1170. The molecule has 0 aromatic heterocycles. The van der Waals surface area contributed by atoms with Crippen molar-refractivity contribution in [2.45, 2.75) is 12.8 Å². The molecule has 0 unspecified atom stereocenters. The van der Waals surface area contributed by atoms with Gasteiger partial charge in [-0.2, -0.15) is 0 Å². The number of phenols is 2. The van der Waals surface area contributed by atoms with E-state index in [-0.39, 0.29) is 11.5 Å². The molecule has 0 amide bonds. The lowest BCUT2D eigenvalue weighted by molar-refractivity contribution is 0.419. The molecular formula is C24H28N4O2. The standard InChI is InChI=1S/C24H28N4O2/c1-27(2)11-9-15-13-25-23-17(5-7-19(29)21(15)23)18-6-8-20(30)22-16(10-12-28(3)4)14-26-24(18)22/h5-8,13-14,29-30H,9-12H2,1-4H3. The molecular weight excluding hydrogens is 376 g/mol. The molecule has 0 radical (unpaired) electrons. The highest BCUT2D eigenvalue weighted by atomic mass is 16.3. The van der Waals surface area contributed by atoms with Crippen LogP contribution < -0.4 is 10.7 Å². The molecule has 2 N–H and O–H groups in total. The molecule has 0 saturated carbocycles. The third-order valence-electron chi connectivity index (χ3n) is 5.60. The maximum absolute atomic E-state index is 10.5. The highest BCUT2D eigenvalue weighted by molar-refractivity contribution is 5.74. The molecule has 2 aromatic carbocycles. The molecule has 6 nitrogen and oxygen atoms in total. The Morgan fingerprint density at radius 2 is 1.07 bits per heavy atom. The summed E-state index contributed by atoms with van der Waals surface area (Å²) in [5.74, 6) is 0.495. The van der Waals surface area contributed by atoms with Gasteiger partial charge in [-0.15, -0.1) is 0 Å². The second kappa shape index (κ2) is 8.05. The number of benzene rings is 2. The number of phenolic OH excluding ortho intramolecular Hbond substituents is 2. The van der Waals surface area contributed by atoms with Crippen LogP contribution in [0.5, 0.6) is 11.5 Å². The summed E-state index contributed by atoms with van der Waals surface area (Å²) in [6.07, 6.45) is 5.34. The minimum atomic E-state index is 0.247. The Balaban J connectivity index is 1.89. The predicted octanol–water partition coefficient (Wildman–Crippen LogP) is 2.24. The highest BCUT2D eigenvalue weighted by Crippen LogP contribution is 2.29. The van der Waals surface area contributed by atoms with Crippen molar-refractivity contribution in [3.63, 3.8) is 0 Å². The van der Waals surface area contributed by atoms with E-state index in [1.165, 1.54) is 0 Å². The first-order valence-electron chi connectivity index (χ1n) is 10.2. The van der Waals surface area contributed by atoms with E-state index in [1.807, 2.05) is 52.7 Å². The van der Waals surface area contributed by atoms with E-state index in [4.69, 9.17) is 0 Å². The average Bonchev–Trinajstić information content (AvgIpc) is 3.31. The van der Waals surface area contributed by atoms with Crippen LogP contribution in [0.25, 0.3) is 11.1 Å². The van der Waals surface area contributed by atoms with E-state index in [2.05, 4.69) is 19.8 Å². The van der Waals surface area contributed by atoms with Crippen molar-refractivity contribution >= 4 is 11.1 Å². The van der Waals surface area contributed by atoms with E-state index in [0.717, 1.165) is 69.4 Å². The number of aromatic hydroxyl groups is 2. The van der Waals surface area contributed by atoms with Crippen LogP contribution in [0.2, 0.25) is 0 Å². The first-order chi connectivity index (χ1) is 14.4. The molecule has 0 atom stereocenters. The second-order valence-corrected chi connectivity index (χ2v) is 8.39. The molecule has 2 heterocycles. The maximum atomic E-state index is 10.5. The van der Waals surface area contributed by atoms with E-state index in [0.29, 0.717) is 0 Å². The molecule has 0 bridgehead atoms. The molecule has 0 aliphatic carbocycles. The minimum absolute atomic E-state index is 0.247. The third kappa shape index (κ3) is 3.64. The minimum Gasteiger partial charge on any atom is -0.507 e. The number of rotatable bonds is 6. The average molecular weight is 405 g/mol. The summed E-state index contributed by atoms with van der Waals surface area (Å²) in [4.78, 5) is 13.5. The fraction of sp³-hybridized carbons (Fsp3) is 0.333. The van der Waals surface area contributed by atoms with E-state index in [1.54, 1.807) is 12.1 Å². The fourth-order valence-electron chi connectivity index (χ4n) is 3.98. The molecule has 30 heavy (non-hydrogen) atoms. The van der Waals surface area contributed by atoms with Crippen molar-refractivity contribution in [2.24, 2.45) is 9.98 Å². The van der Waals surface area contributed by atoms with Gasteiger partial charge >= 0.3 is 0 Å². The molecule has 0 spiro atoms. The van der Waals surface area contributed by atoms with Crippen LogP contribution in [-0.2, 0) is 0 Å². The summed E-state index contributed by atoms with van der Waals surface area (Å²) in [6.45, 7) is 1.76. The Morgan fingerprint density at radius 3 is 1.43 bits per heavy atom. The first kappa shape index (κ1) is 20.3. The van der Waals surface area contributed by atoms with Crippen molar-refractivity contribution in [3.8, 4) is 11.5 Å². The Hall–Kier alpha value is -2.96. The fourth-order valence-corrected chi connectivity index (χ4v) is 3.98. The van der Waals surface area contributed by atoms with Gasteiger partial charge in [0.05, 0.1) is 10.7 Å². The van der Waals surface area contributed by atoms with E-state index in [9.17, 15) is 10.2 Å².